The lowest BCUT2D eigenvalue weighted by Crippen LogP contribution is -2.40. The minimum absolute atomic E-state index is 0. The summed E-state index contributed by atoms with van der Waals surface area (Å²) in [7, 11) is 1.80. The summed E-state index contributed by atoms with van der Waals surface area (Å²) in [6.07, 6.45) is 1.69. The van der Waals surface area contributed by atoms with E-state index in [1.165, 1.54) is 0 Å². The lowest BCUT2D eigenvalue weighted by atomic mass is 9.93. The first-order valence-corrected chi connectivity index (χ1v) is 5.74. The van der Waals surface area contributed by atoms with Gasteiger partial charge in [0.15, 0.2) is 0 Å². The third-order valence-corrected chi connectivity index (χ3v) is 2.80. The Kier molecular flexibility index (Phi) is 9.00. The second-order valence-electron chi connectivity index (χ2n) is 5.17. The molecule has 6 heteroatoms. The average Bonchev–Trinajstić information content (AvgIpc) is 2.28. The van der Waals surface area contributed by atoms with Crippen LogP contribution in [-0.4, -0.2) is 35.9 Å². The van der Waals surface area contributed by atoms with Gasteiger partial charge < -0.3 is 10.6 Å². The molecule has 0 aliphatic heterocycles. The highest BCUT2D eigenvalue weighted by molar-refractivity contribution is 5.95. The maximum absolute atomic E-state index is 12.2. The van der Waals surface area contributed by atoms with Gasteiger partial charge in [-0.25, -0.2) is 0 Å². The molecule has 0 unspecified atom stereocenters. The van der Waals surface area contributed by atoms with E-state index in [9.17, 15) is 4.79 Å². The van der Waals surface area contributed by atoms with Crippen LogP contribution in [0, 0.1) is 12.3 Å². The van der Waals surface area contributed by atoms with E-state index in [2.05, 4.69) is 4.98 Å². The molecule has 0 radical (unpaired) electrons. The van der Waals surface area contributed by atoms with Crippen LogP contribution >= 0.6 is 24.8 Å². The number of pyridine rings is 1. The van der Waals surface area contributed by atoms with E-state index >= 15 is 0 Å². The predicted molar refractivity (Wildman–Crippen MR) is 83.3 cm³/mol. The number of hydrogen-bond donors (Lipinski definition) is 1. The Hall–Kier alpha value is -0.840. The second-order valence-corrected chi connectivity index (χ2v) is 5.17. The van der Waals surface area contributed by atoms with Gasteiger partial charge in [0.25, 0.3) is 5.91 Å². The number of amides is 1. The zero-order valence-electron chi connectivity index (χ0n) is 11.8. The van der Waals surface area contributed by atoms with Crippen molar-refractivity contribution in [1.82, 2.24) is 9.88 Å². The first-order valence-electron chi connectivity index (χ1n) is 5.74. The fourth-order valence-corrected chi connectivity index (χ4v) is 1.69. The van der Waals surface area contributed by atoms with Crippen molar-refractivity contribution in [3.05, 3.63) is 29.6 Å². The smallest absolute Gasteiger partial charge is 0.255 e. The number of aryl methyl sites for hydroxylation is 1. The fourth-order valence-electron chi connectivity index (χ4n) is 1.69. The predicted octanol–water partition coefficient (Wildman–Crippen LogP) is 2.29. The van der Waals surface area contributed by atoms with Crippen LogP contribution < -0.4 is 5.73 Å². The van der Waals surface area contributed by atoms with Gasteiger partial charge in [0.2, 0.25) is 0 Å². The summed E-state index contributed by atoms with van der Waals surface area (Å²) in [5.74, 6) is -0.00266. The van der Waals surface area contributed by atoms with E-state index in [4.69, 9.17) is 5.73 Å². The molecule has 19 heavy (non-hydrogen) atoms. The number of rotatable bonds is 4. The molecule has 0 aliphatic rings. The number of nitrogens with two attached hydrogens (primary N) is 1. The molecular weight excluding hydrogens is 285 g/mol. The number of carbonyl (C=O) groups is 1. The minimum Gasteiger partial charge on any atom is -0.341 e. The molecule has 0 aliphatic carbocycles. The zero-order chi connectivity index (χ0) is 13.1. The molecule has 1 amide bonds. The quantitative estimate of drug-likeness (QED) is 0.928. The van der Waals surface area contributed by atoms with Crippen LogP contribution in [0.4, 0.5) is 0 Å². The molecule has 1 aromatic rings. The number of carbonyl (C=O) groups excluding carboxylic acids is 1. The Morgan fingerprint density at radius 3 is 2.47 bits per heavy atom. The van der Waals surface area contributed by atoms with Crippen molar-refractivity contribution in [2.24, 2.45) is 11.1 Å². The monoisotopic (exact) mass is 307 g/mol. The average molecular weight is 308 g/mol. The van der Waals surface area contributed by atoms with E-state index in [0.717, 1.165) is 5.69 Å². The molecule has 0 atom stereocenters. The van der Waals surface area contributed by atoms with Crippen molar-refractivity contribution in [3.8, 4) is 0 Å². The maximum Gasteiger partial charge on any atom is 0.255 e. The number of halogens is 2. The van der Waals surface area contributed by atoms with Gasteiger partial charge >= 0.3 is 0 Å². The molecule has 0 saturated carbocycles. The summed E-state index contributed by atoms with van der Waals surface area (Å²) in [6.45, 7) is 7.13. The van der Waals surface area contributed by atoms with Gasteiger partial charge in [-0.2, -0.15) is 0 Å². The Morgan fingerprint density at radius 2 is 2.00 bits per heavy atom. The zero-order valence-corrected chi connectivity index (χ0v) is 13.5. The summed E-state index contributed by atoms with van der Waals surface area (Å²) in [4.78, 5) is 18.0. The summed E-state index contributed by atoms with van der Waals surface area (Å²) in [5.41, 5.74) is 7.02. The van der Waals surface area contributed by atoms with Crippen LogP contribution in [0.3, 0.4) is 0 Å². The Balaban J connectivity index is 0. The molecule has 0 spiro atoms. The van der Waals surface area contributed by atoms with Crippen LogP contribution in [0.2, 0.25) is 0 Å². The molecule has 0 saturated heterocycles. The highest BCUT2D eigenvalue weighted by atomic mass is 35.5. The summed E-state index contributed by atoms with van der Waals surface area (Å²) in [5, 5.41) is 0. The highest BCUT2D eigenvalue weighted by Crippen LogP contribution is 2.16. The Labute approximate surface area is 127 Å². The molecule has 0 bridgehead atoms. The topological polar surface area (TPSA) is 59.2 Å². The SMILES string of the molecule is Cc1ncccc1C(=O)N(C)CC(C)(C)CN.Cl.Cl. The van der Waals surface area contributed by atoms with Gasteiger partial charge in [0.05, 0.1) is 5.56 Å². The maximum atomic E-state index is 12.2. The van der Waals surface area contributed by atoms with Crippen molar-refractivity contribution in [3.63, 3.8) is 0 Å². The van der Waals surface area contributed by atoms with E-state index < -0.39 is 0 Å². The van der Waals surface area contributed by atoms with Crippen LogP contribution in [0.1, 0.15) is 29.9 Å². The molecule has 0 aromatic carbocycles. The molecule has 4 nitrogen and oxygen atoms in total. The van der Waals surface area contributed by atoms with Gasteiger partial charge in [-0.05, 0) is 31.0 Å². The third-order valence-electron chi connectivity index (χ3n) is 2.80. The van der Waals surface area contributed by atoms with Crippen LogP contribution in [0.5, 0.6) is 0 Å². The Morgan fingerprint density at radius 1 is 1.42 bits per heavy atom. The van der Waals surface area contributed by atoms with Gasteiger partial charge in [0, 0.05) is 25.5 Å². The van der Waals surface area contributed by atoms with Crippen molar-refractivity contribution in [2.45, 2.75) is 20.8 Å². The summed E-state index contributed by atoms with van der Waals surface area (Å²) in [6, 6.07) is 3.58. The lowest BCUT2D eigenvalue weighted by molar-refractivity contribution is 0.0739. The standard InChI is InChI=1S/C13H21N3O.2ClH/c1-10-11(6-5-7-15-10)12(17)16(4)9-13(2,3)8-14;;/h5-7H,8-9,14H2,1-4H3;2*1H. The van der Waals surface area contributed by atoms with Crippen molar-refractivity contribution in [1.29, 1.82) is 0 Å². The molecule has 0 fully saturated rings. The molecule has 2 N–H and O–H groups in total. The molecular formula is C13H23Cl2N3O. The van der Waals surface area contributed by atoms with E-state index in [-0.39, 0.29) is 36.1 Å². The van der Waals surface area contributed by atoms with Crippen LogP contribution in [0.25, 0.3) is 0 Å². The van der Waals surface area contributed by atoms with Gasteiger partial charge in [0.1, 0.15) is 0 Å². The number of nitrogens with zero attached hydrogens (tertiary/aromatic N) is 2. The van der Waals surface area contributed by atoms with Gasteiger partial charge in [-0.15, -0.1) is 24.8 Å². The molecule has 1 heterocycles. The molecule has 1 rings (SSSR count). The second kappa shape index (κ2) is 8.35. The van der Waals surface area contributed by atoms with Crippen molar-refractivity contribution >= 4 is 30.7 Å². The largest absolute Gasteiger partial charge is 0.341 e. The lowest BCUT2D eigenvalue weighted by Gasteiger charge is -2.29. The fraction of sp³-hybridized carbons (Fsp3) is 0.538. The van der Waals surface area contributed by atoms with Gasteiger partial charge in [-0.1, -0.05) is 13.8 Å². The first kappa shape index (κ1) is 20.5. The summed E-state index contributed by atoms with van der Waals surface area (Å²) >= 11 is 0. The Bertz CT molecular complexity index is 411. The normalized spacial score (nSPS) is 10.2. The number of hydrogen-bond acceptors (Lipinski definition) is 3. The minimum atomic E-state index is -0.0689. The number of aromatic nitrogens is 1. The molecule has 110 valence electrons. The van der Waals surface area contributed by atoms with Crippen molar-refractivity contribution < 1.29 is 4.79 Å². The first-order chi connectivity index (χ1) is 7.87. The highest BCUT2D eigenvalue weighted by Gasteiger charge is 2.22. The van der Waals surface area contributed by atoms with E-state index in [0.29, 0.717) is 18.7 Å². The summed E-state index contributed by atoms with van der Waals surface area (Å²) < 4.78 is 0. The van der Waals surface area contributed by atoms with Gasteiger partial charge in [-0.3, -0.25) is 9.78 Å². The van der Waals surface area contributed by atoms with Crippen LogP contribution in [-0.2, 0) is 0 Å². The van der Waals surface area contributed by atoms with Crippen molar-refractivity contribution in [2.75, 3.05) is 20.1 Å². The van der Waals surface area contributed by atoms with E-state index in [1.54, 1.807) is 30.3 Å². The molecule has 1 aromatic heterocycles. The van der Waals surface area contributed by atoms with Crippen LogP contribution in [0.15, 0.2) is 18.3 Å². The third kappa shape index (κ3) is 5.76. The van der Waals surface area contributed by atoms with E-state index in [1.807, 2.05) is 20.8 Å².